The van der Waals surface area contributed by atoms with Gasteiger partial charge in [0.2, 0.25) is 0 Å². The number of phenolic OH excluding ortho intramolecular Hbond substituents is 1. The molecule has 0 bridgehead atoms. The summed E-state index contributed by atoms with van der Waals surface area (Å²) in [6.07, 6.45) is 0. The third kappa shape index (κ3) is 2.22. The minimum absolute atomic E-state index is 0.153. The van der Waals surface area contributed by atoms with E-state index in [1.165, 1.54) is 0 Å². The molecule has 1 aromatic heterocycles. The topological polar surface area (TPSA) is 48.9 Å². The predicted molar refractivity (Wildman–Crippen MR) is 80.6 cm³/mol. The molecule has 0 fully saturated rings. The second kappa shape index (κ2) is 4.54. The van der Waals surface area contributed by atoms with Crippen LogP contribution in [-0.2, 0) is 0 Å². The smallest absolute Gasteiger partial charge is 0.142 e. The highest BCUT2D eigenvalue weighted by Gasteiger charge is 2.12. The molecule has 0 saturated heterocycles. The number of benzene rings is 2. The molecule has 5 heteroatoms. The molecule has 0 aliphatic heterocycles. The van der Waals surface area contributed by atoms with Crippen LogP contribution in [0.15, 0.2) is 34.8 Å². The second-order valence-corrected chi connectivity index (χ2v) is 5.72. The third-order valence-electron chi connectivity index (χ3n) is 2.96. The fourth-order valence-corrected chi connectivity index (χ4v) is 2.82. The van der Waals surface area contributed by atoms with E-state index in [0.29, 0.717) is 16.4 Å². The lowest BCUT2D eigenvalue weighted by atomic mass is 10.2. The van der Waals surface area contributed by atoms with Gasteiger partial charge in [-0.1, -0.05) is 27.5 Å². The van der Waals surface area contributed by atoms with Gasteiger partial charge in [-0.3, -0.25) is 0 Å². The molecule has 0 atom stereocenters. The van der Waals surface area contributed by atoms with Crippen molar-refractivity contribution in [2.45, 2.75) is 6.92 Å². The van der Waals surface area contributed by atoms with Crippen molar-refractivity contribution in [1.29, 1.82) is 0 Å². The molecule has 0 aliphatic carbocycles. The minimum atomic E-state index is 0.153. The minimum Gasteiger partial charge on any atom is -0.507 e. The van der Waals surface area contributed by atoms with Crippen molar-refractivity contribution >= 4 is 38.6 Å². The molecule has 0 amide bonds. The summed E-state index contributed by atoms with van der Waals surface area (Å²) in [5.41, 5.74) is 3.46. The molecule has 0 aliphatic rings. The molecule has 3 rings (SSSR count). The maximum absolute atomic E-state index is 9.91. The number of H-pyrrole nitrogens is 1. The van der Waals surface area contributed by atoms with E-state index in [-0.39, 0.29) is 5.75 Å². The molecule has 96 valence electrons. The van der Waals surface area contributed by atoms with E-state index < -0.39 is 0 Å². The Bertz CT molecular complexity index is 782. The fourth-order valence-electron chi connectivity index (χ4n) is 2.07. The Balaban J connectivity index is 2.26. The van der Waals surface area contributed by atoms with Crippen molar-refractivity contribution in [3.8, 4) is 17.1 Å². The lowest BCUT2D eigenvalue weighted by molar-refractivity contribution is 0.477. The molecule has 2 N–H and O–H groups in total. The molecular formula is C14H10BrClN2O. The number of aromatic amines is 1. The quantitative estimate of drug-likeness (QED) is 0.678. The summed E-state index contributed by atoms with van der Waals surface area (Å²) in [4.78, 5) is 7.73. The highest BCUT2D eigenvalue weighted by molar-refractivity contribution is 9.10. The van der Waals surface area contributed by atoms with Crippen LogP contribution >= 0.6 is 27.5 Å². The van der Waals surface area contributed by atoms with E-state index in [9.17, 15) is 5.11 Å². The Morgan fingerprint density at radius 2 is 2.05 bits per heavy atom. The van der Waals surface area contributed by atoms with Crippen LogP contribution in [-0.4, -0.2) is 15.1 Å². The largest absolute Gasteiger partial charge is 0.507 e. The Morgan fingerprint density at radius 3 is 2.84 bits per heavy atom. The highest BCUT2D eigenvalue weighted by Crippen LogP contribution is 2.32. The van der Waals surface area contributed by atoms with Crippen molar-refractivity contribution in [2.24, 2.45) is 0 Å². The number of nitrogens with one attached hydrogen (secondary N) is 1. The van der Waals surface area contributed by atoms with E-state index in [0.717, 1.165) is 21.1 Å². The number of aromatic hydroxyl groups is 1. The lowest BCUT2D eigenvalue weighted by Crippen LogP contribution is -1.81. The van der Waals surface area contributed by atoms with Crippen LogP contribution in [0.1, 0.15) is 5.56 Å². The number of halogens is 2. The number of fused-ring (bicyclic) bond motifs is 1. The van der Waals surface area contributed by atoms with Gasteiger partial charge in [-0.05, 0) is 42.8 Å². The van der Waals surface area contributed by atoms with E-state index in [1.54, 1.807) is 18.2 Å². The predicted octanol–water partition coefficient (Wildman–Crippen LogP) is 4.66. The molecule has 2 aromatic carbocycles. The molecule has 0 radical (unpaired) electrons. The first-order chi connectivity index (χ1) is 9.04. The van der Waals surface area contributed by atoms with Gasteiger partial charge in [0.05, 0.1) is 16.6 Å². The van der Waals surface area contributed by atoms with Crippen LogP contribution < -0.4 is 0 Å². The summed E-state index contributed by atoms with van der Waals surface area (Å²) in [5, 5.41) is 10.5. The van der Waals surface area contributed by atoms with Crippen molar-refractivity contribution in [2.75, 3.05) is 0 Å². The highest BCUT2D eigenvalue weighted by atomic mass is 79.9. The summed E-state index contributed by atoms with van der Waals surface area (Å²) in [6, 6.07) is 8.86. The fraction of sp³-hybridized carbons (Fsp3) is 0.0714. The van der Waals surface area contributed by atoms with Gasteiger partial charge in [-0.25, -0.2) is 4.98 Å². The number of aryl methyl sites for hydroxylation is 1. The van der Waals surface area contributed by atoms with E-state index in [4.69, 9.17) is 11.6 Å². The monoisotopic (exact) mass is 336 g/mol. The first-order valence-corrected chi connectivity index (χ1v) is 6.86. The van der Waals surface area contributed by atoms with Crippen LogP contribution in [0.2, 0.25) is 5.02 Å². The van der Waals surface area contributed by atoms with Gasteiger partial charge in [0, 0.05) is 9.50 Å². The molecule has 0 saturated carbocycles. The van der Waals surface area contributed by atoms with E-state index in [2.05, 4.69) is 25.9 Å². The van der Waals surface area contributed by atoms with Crippen LogP contribution in [0.4, 0.5) is 0 Å². The Hall–Kier alpha value is -1.52. The third-order valence-corrected chi connectivity index (χ3v) is 3.65. The average molecular weight is 338 g/mol. The van der Waals surface area contributed by atoms with Crippen molar-refractivity contribution in [1.82, 2.24) is 9.97 Å². The molecule has 0 unspecified atom stereocenters. The molecule has 0 spiro atoms. The van der Waals surface area contributed by atoms with Gasteiger partial charge in [0.1, 0.15) is 11.6 Å². The molecular weight excluding hydrogens is 328 g/mol. The van der Waals surface area contributed by atoms with Crippen LogP contribution in [0, 0.1) is 6.92 Å². The standard InChI is InChI=1S/C14H10BrClN2O/c1-7-4-8(15)5-11-13(7)18-14(17-11)10-6-9(16)2-3-12(10)19/h2-6,19H,1H3,(H,17,18). The second-order valence-electron chi connectivity index (χ2n) is 4.37. The number of hydrogen-bond acceptors (Lipinski definition) is 2. The van der Waals surface area contributed by atoms with Gasteiger partial charge in [0.15, 0.2) is 0 Å². The Labute approximate surface area is 123 Å². The number of aromatic nitrogens is 2. The van der Waals surface area contributed by atoms with Gasteiger partial charge in [-0.2, -0.15) is 0 Å². The Morgan fingerprint density at radius 1 is 1.26 bits per heavy atom. The van der Waals surface area contributed by atoms with Crippen molar-refractivity contribution < 1.29 is 5.11 Å². The zero-order valence-electron chi connectivity index (χ0n) is 10.0. The summed E-state index contributed by atoms with van der Waals surface area (Å²) < 4.78 is 0.989. The van der Waals surface area contributed by atoms with E-state index in [1.807, 2.05) is 19.1 Å². The average Bonchev–Trinajstić information content (AvgIpc) is 2.76. The zero-order valence-corrected chi connectivity index (χ0v) is 12.4. The summed E-state index contributed by atoms with van der Waals surface area (Å²) >= 11 is 9.42. The lowest BCUT2D eigenvalue weighted by Gasteiger charge is -2.01. The van der Waals surface area contributed by atoms with Crippen LogP contribution in [0.3, 0.4) is 0 Å². The van der Waals surface area contributed by atoms with Gasteiger partial charge in [-0.15, -0.1) is 0 Å². The SMILES string of the molecule is Cc1cc(Br)cc2[nH]c(-c3cc(Cl)ccc3O)nc12. The molecule has 3 nitrogen and oxygen atoms in total. The van der Waals surface area contributed by atoms with Crippen LogP contribution in [0.25, 0.3) is 22.4 Å². The normalized spacial score (nSPS) is 11.1. The van der Waals surface area contributed by atoms with Crippen molar-refractivity contribution in [3.63, 3.8) is 0 Å². The molecule has 19 heavy (non-hydrogen) atoms. The maximum atomic E-state index is 9.91. The number of nitrogens with zero attached hydrogens (tertiary/aromatic N) is 1. The zero-order chi connectivity index (χ0) is 13.6. The number of phenols is 1. The van der Waals surface area contributed by atoms with Crippen molar-refractivity contribution in [3.05, 3.63) is 45.4 Å². The maximum Gasteiger partial charge on any atom is 0.142 e. The number of hydrogen-bond donors (Lipinski definition) is 2. The molecule has 1 heterocycles. The van der Waals surface area contributed by atoms with Crippen LogP contribution in [0.5, 0.6) is 5.75 Å². The van der Waals surface area contributed by atoms with Gasteiger partial charge in [0.25, 0.3) is 0 Å². The summed E-state index contributed by atoms with van der Waals surface area (Å²) in [6.45, 7) is 2.00. The number of rotatable bonds is 1. The molecule has 3 aromatic rings. The van der Waals surface area contributed by atoms with Gasteiger partial charge >= 0.3 is 0 Å². The number of imidazole rings is 1. The Kier molecular flexibility index (Phi) is 2.99. The first kappa shape index (κ1) is 12.5. The van der Waals surface area contributed by atoms with Gasteiger partial charge < -0.3 is 10.1 Å². The van der Waals surface area contributed by atoms with E-state index >= 15 is 0 Å². The summed E-state index contributed by atoms with van der Waals surface area (Å²) in [7, 11) is 0. The first-order valence-electron chi connectivity index (χ1n) is 5.69. The summed E-state index contributed by atoms with van der Waals surface area (Å²) in [5.74, 6) is 0.761.